The predicted octanol–water partition coefficient (Wildman–Crippen LogP) is 3.87. The van der Waals surface area contributed by atoms with Gasteiger partial charge in [0.1, 0.15) is 11.5 Å². The van der Waals surface area contributed by atoms with Gasteiger partial charge in [-0.1, -0.05) is 24.3 Å². The zero-order chi connectivity index (χ0) is 13.9. The molecule has 2 aliphatic rings. The molecule has 4 rings (SSSR count). The highest BCUT2D eigenvalue weighted by Crippen LogP contribution is 2.63. The van der Waals surface area contributed by atoms with Crippen LogP contribution in [0, 0.1) is 25.7 Å². The second-order valence-corrected chi connectivity index (χ2v) is 6.40. The van der Waals surface area contributed by atoms with E-state index in [2.05, 4.69) is 30.3 Å². The quantitative estimate of drug-likeness (QED) is 0.897. The minimum atomic E-state index is 0.119. The number of hydrogen-bond acceptors (Lipinski definition) is 2. The molecule has 2 aromatic rings. The predicted molar refractivity (Wildman–Crippen MR) is 79.6 cm³/mol. The summed E-state index contributed by atoms with van der Waals surface area (Å²) in [6.07, 6.45) is 2.50. The van der Waals surface area contributed by atoms with Gasteiger partial charge in [0.2, 0.25) is 0 Å². The van der Waals surface area contributed by atoms with E-state index in [0.29, 0.717) is 11.8 Å². The average molecular weight is 267 g/mol. The molecule has 2 heteroatoms. The van der Waals surface area contributed by atoms with E-state index < -0.39 is 0 Å². The number of rotatable bonds is 2. The molecule has 0 bridgehead atoms. The van der Waals surface area contributed by atoms with Crippen LogP contribution in [0.15, 0.2) is 34.7 Å². The average Bonchev–Trinajstić information content (AvgIpc) is 3.09. The van der Waals surface area contributed by atoms with Gasteiger partial charge in [0.25, 0.3) is 0 Å². The first-order valence-electron chi connectivity index (χ1n) is 7.57. The monoisotopic (exact) mass is 267 g/mol. The molecule has 1 aromatic carbocycles. The summed E-state index contributed by atoms with van der Waals surface area (Å²) in [7, 11) is 0. The maximum atomic E-state index is 6.57. The molecule has 0 amide bonds. The first kappa shape index (κ1) is 12.2. The zero-order valence-corrected chi connectivity index (χ0v) is 12.1. The van der Waals surface area contributed by atoms with Crippen LogP contribution < -0.4 is 5.73 Å². The SMILES string of the molecule is Cc1cc(C(N)C2C3CCc4ccccc4C32)c(C)o1. The highest BCUT2D eigenvalue weighted by atomic mass is 16.3. The Morgan fingerprint density at radius 1 is 1.25 bits per heavy atom. The molecule has 0 saturated heterocycles. The van der Waals surface area contributed by atoms with Crippen molar-refractivity contribution in [1.29, 1.82) is 0 Å². The summed E-state index contributed by atoms with van der Waals surface area (Å²) in [6, 6.07) is 11.1. The smallest absolute Gasteiger partial charge is 0.105 e. The third-order valence-electron chi connectivity index (χ3n) is 5.24. The highest BCUT2D eigenvalue weighted by Gasteiger charge is 2.56. The summed E-state index contributed by atoms with van der Waals surface area (Å²) < 4.78 is 5.66. The normalized spacial score (nSPS) is 28.6. The number of hydrogen-bond donors (Lipinski definition) is 1. The third-order valence-corrected chi connectivity index (χ3v) is 5.24. The van der Waals surface area contributed by atoms with E-state index in [-0.39, 0.29) is 6.04 Å². The lowest BCUT2D eigenvalue weighted by Crippen LogP contribution is -2.14. The van der Waals surface area contributed by atoms with Crippen molar-refractivity contribution in [3.8, 4) is 0 Å². The summed E-state index contributed by atoms with van der Waals surface area (Å²) in [5, 5.41) is 0. The molecule has 104 valence electrons. The lowest BCUT2D eigenvalue weighted by molar-refractivity contribution is 0.488. The second kappa shape index (κ2) is 4.23. The molecule has 0 radical (unpaired) electrons. The van der Waals surface area contributed by atoms with Gasteiger partial charge in [0, 0.05) is 11.6 Å². The summed E-state index contributed by atoms with van der Waals surface area (Å²) in [6.45, 7) is 4.03. The molecule has 1 fully saturated rings. The number of fused-ring (bicyclic) bond motifs is 3. The molecule has 0 spiro atoms. The summed E-state index contributed by atoms with van der Waals surface area (Å²) in [5.74, 6) is 4.00. The second-order valence-electron chi connectivity index (χ2n) is 6.40. The van der Waals surface area contributed by atoms with Gasteiger partial charge in [-0.15, -0.1) is 0 Å². The van der Waals surface area contributed by atoms with Crippen molar-refractivity contribution in [2.75, 3.05) is 0 Å². The first-order valence-corrected chi connectivity index (χ1v) is 7.57. The minimum Gasteiger partial charge on any atom is -0.466 e. The van der Waals surface area contributed by atoms with Crippen LogP contribution in [-0.2, 0) is 6.42 Å². The van der Waals surface area contributed by atoms with Crippen molar-refractivity contribution in [1.82, 2.24) is 0 Å². The van der Waals surface area contributed by atoms with E-state index in [1.807, 2.05) is 13.8 Å². The van der Waals surface area contributed by atoms with Gasteiger partial charge in [-0.05, 0) is 61.6 Å². The van der Waals surface area contributed by atoms with E-state index in [9.17, 15) is 0 Å². The molecule has 2 nitrogen and oxygen atoms in total. The Bertz CT molecular complexity index is 657. The molecule has 4 unspecified atom stereocenters. The Hall–Kier alpha value is -1.54. The fourth-order valence-electron chi connectivity index (χ4n) is 4.30. The van der Waals surface area contributed by atoms with Crippen molar-refractivity contribution >= 4 is 0 Å². The number of nitrogens with two attached hydrogens (primary N) is 1. The number of aryl methyl sites for hydroxylation is 3. The van der Waals surface area contributed by atoms with E-state index in [0.717, 1.165) is 17.4 Å². The van der Waals surface area contributed by atoms with Crippen LogP contribution in [0.25, 0.3) is 0 Å². The molecule has 20 heavy (non-hydrogen) atoms. The van der Waals surface area contributed by atoms with Crippen LogP contribution in [0.2, 0.25) is 0 Å². The molecular weight excluding hydrogens is 246 g/mol. The van der Waals surface area contributed by atoms with Gasteiger partial charge in [-0.25, -0.2) is 0 Å². The lowest BCUT2D eigenvalue weighted by atomic mass is 9.92. The maximum absolute atomic E-state index is 6.57. The van der Waals surface area contributed by atoms with Crippen molar-refractivity contribution < 1.29 is 4.42 Å². The molecule has 0 aliphatic heterocycles. The third kappa shape index (κ3) is 1.68. The minimum absolute atomic E-state index is 0.119. The Morgan fingerprint density at radius 2 is 2.05 bits per heavy atom. The number of benzene rings is 1. The number of furan rings is 1. The first-order chi connectivity index (χ1) is 9.66. The van der Waals surface area contributed by atoms with E-state index in [1.54, 1.807) is 5.56 Å². The van der Waals surface area contributed by atoms with Crippen LogP contribution in [0.1, 0.15) is 46.6 Å². The standard InChI is InChI=1S/C18H21NO/c1-10-9-15(11(2)20-10)18(19)17-14-8-7-12-5-3-4-6-13(12)16(14)17/h3-6,9,14,16-18H,7-8,19H2,1-2H3. The van der Waals surface area contributed by atoms with E-state index in [4.69, 9.17) is 10.2 Å². The van der Waals surface area contributed by atoms with Crippen molar-refractivity contribution in [3.05, 3.63) is 58.5 Å². The van der Waals surface area contributed by atoms with Gasteiger partial charge < -0.3 is 10.2 Å². The van der Waals surface area contributed by atoms with Crippen LogP contribution >= 0.6 is 0 Å². The summed E-state index contributed by atoms with van der Waals surface area (Å²) >= 11 is 0. The lowest BCUT2D eigenvalue weighted by Gasteiger charge is -2.13. The fraction of sp³-hybridized carbons (Fsp3) is 0.444. The Morgan fingerprint density at radius 3 is 2.80 bits per heavy atom. The molecule has 1 heterocycles. The molecule has 2 N–H and O–H groups in total. The van der Waals surface area contributed by atoms with Gasteiger partial charge >= 0.3 is 0 Å². The Kier molecular flexibility index (Phi) is 2.58. The van der Waals surface area contributed by atoms with Crippen LogP contribution in [0.4, 0.5) is 0 Å². The van der Waals surface area contributed by atoms with Gasteiger partial charge in [-0.3, -0.25) is 0 Å². The van der Waals surface area contributed by atoms with Crippen molar-refractivity contribution in [2.45, 2.75) is 38.6 Å². The Labute approximate surface area is 120 Å². The maximum Gasteiger partial charge on any atom is 0.105 e. The molecule has 1 saturated carbocycles. The Balaban J connectivity index is 1.65. The summed E-state index contributed by atoms with van der Waals surface area (Å²) in [5.41, 5.74) is 10.9. The van der Waals surface area contributed by atoms with Crippen LogP contribution in [0.5, 0.6) is 0 Å². The topological polar surface area (TPSA) is 39.2 Å². The van der Waals surface area contributed by atoms with Crippen molar-refractivity contribution in [2.24, 2.45) is 17.6 Å². The van der Waals surface area contributed by atoms with E-state index >= 15 is 0 Å². The molecule has 1 aromatic heterocycles. The molecular formula is C18H21NO. The fourth-order valence-corrected chi connectivity index (χ4v) is 4.30. The van der Waals surface area contributed by atoms with Crippen molar-refractivity contribution in [3.63, 3.8) is 0 Å². The summed E-state index contributed by atoms with van der Waals surface area (Å²) in [4.78, 5) is 0. The van der Waals surface area contributed by atoms with Crippen LogP contribution in [-0.4, -0.2) is 0 Å². The highest BCUT2D eigenvalue weighted by molar-refractivity contribution is 5.41. The molecule has 4 atom stereocenters. The largest absolute Gasteiger partial charge is 0.466 e. The van der Waals surface area contributed by atoms with Gasteiger partial charge in [0.15, 0.2) is 0 Å². The van der Waals surface area contributed by atoms with Gasteiger partial charge in [0.05, 0.1) is 0 Å². The van der Waals surface area contributed by atoms with Crippen LogP contribution in [0.3, 0.4) is 0 Å². The molecule has 2 aliphatic carbocycles. The van der Waals surface area contributed by atoms with E-state index in [1.165, 1.54) is 24.0 Å². The zero-order valence-electron chi connectivity index (χ0n) is 12.1. The van der Waals surface area contributed by atoms with Gasteiger partial charge in [-0.2, -0.15) is 0 Å².